The fraction of sp³-hybridized carbons (Fsp3) is 0.282. The zero-order valence-electron chi connectivity index (χ0n) is 25.5. The van der Waals surface area contributed by atoms with Gasteiger partial charge in [-0.05, 0) is 76.9 Å². The first-order valence-corrected chi connectivity index (χ1v) is 16.5. The molecular weight excluding hydrogens is 581 g/mol. The number of rotatable bonds is 4. The van der Waals surface area contributed by atoms with Crippen LogP contribution in [0.25, 0.3) is 0 Å². The third kappa shape index (κ3) is 11.6. The van der Waals surface area contributed by atoms with Crippen LogP contribution >= 0.6 is 34.0 Å². The molecule has 0 saturated carbocycles. The van der Waals surface area contributed by atoms with E-state index in [1.54, 1.807) is 25.2 Å². The van der Waals surface area contributed by atoms with Gasteiger partial charge in [-0.2, -0.15) is 0 Å². The minimum absolute atomic E-state index is 0.873. The lowest BCUT2D eigenvalue weighted by atomic mass is 10.1. The van der Waals surface area contributed by atoms with Crippen LogP contribution < -0.4 is 0 Å². The zero-order chi connectivity index (χ0) is 31.2. The lowest BCUT2D eigenvalue weighted by Gasteiger charge is -2.05. The quantitative estimate of drug-likeness (QED) is 0.291. The van der Waals surface area contributed by atoms with E-state index in [-0.39, 0.29) is 0 Å². The monoisotopic (exact) mass is 614 g/mol. The topological polar surface area (TPSA) is 20.2 Å². The molecule has 0 amide bonds. The second kappa shape index (κ2) is 16.5. The molecule has 3 aromatic rings. The average Bonchev–Trinajstić information content (AvgIpc) is 3.74. The average molecular weight is 615 g/mol. The first-order valence-electron chi connectivity index (χ1n) is 14.1. The lowest BCUT2D eigenvalue weighted by Crippen LogP contribution is -2.14. The molecule has 0 bridgehead atoms. The Labute approximate surface area is 270 Å². The molecule has 4 heteroatoms. The molecule has 3 aromatic heterocycles. The first kappa shape index (κ1) is 33.4. The maximum atomic E-state index is 9.83. The van der Waals surface area contributed by atoms with E-state index in [9.17, 15) is 5.11 Å². The smallest absolute Gasteiger partial charge is 0.120 e. The molecule has 0 saturated heterocycles. The summed E-state index contributed by atoms with van der Waals surface area (Å²) in [6.07, 6.45) is 9.23. The summed E-state index contributed by atoms with van der Waals surface area (Å²) in [6, 6.07) is 11.9. The highest BCUT2D eigenvalue weighted by Crippen LogP contribution is 2.19. The first-order chi connectivity index (χ1) is 20.6. The summed E-state index contributed by atoms with van der Waals surface area (Å²) in [5, 5.41) is 9.83. The molecule has 3 heterocycles. The van der Waals surface area contributed by atoms with Gasteiger partial charge in [0.2, 0.25) is 0 Å². The van der Waals surface area contributed by atoms with Crippen molar-refractivity contribution in [2.75, 3.05) is 0 Å². The van der Waals surface area contributed by atoms with Crippen molar-refractivity contribution < 1.29 is 5.11 Å². The Morgan fingerprint density at radius 3 is 1.33 bits per heavy atom. The third-order valence-corrected chi connectivity index (χ3v) is 8.54. The molecule has 3 rings (SSSR count). The number of allylic oxidation sites excluding steroid dienone is 4. The summed E-state index contributed by atoms with van der Waals surface area (Å²) in [4.78, 5) is 5.63. The van der Waals surface area contributed by atoms with Gasteiger partial charge in [0.1, 0.15) is 5.60 Å². The molecule has 1 nitrogen and oxygen atoms in total. The fourth-order valence-corrected chi connectivity index (χ4v) is 5.66. The number of aliphatic hydroxyl groups is 1. The maximum Gasteiger partial charge on any atom is 0.120 e. The van der Waals surface area contributed by atoms with Gasteiger partial charge in [-0.1, -0.05) is 91.8 Å². The van der Waals surface area contributed by atoms with Crippen molar-refractivity contribution in [3.8, 4) is 71.5 Å². The number of terminal acetylenes is 1. The van der Waals surface area contributed by atoms with Gasteiger partial charge in [0.15, 0.2) is 0 Å². The molecule has 1 N–H and O–H groups in total. The van der Waals surface area contributed by atoms with Crippen molar-refractivity contribution >= 4 is 34.0 Å². The van der Waals surface area contributed by atoms with Crippen molar-refractivity contribution in [1.82, 2.24) is 0 Å². The van der Waals surface area contributed by atoms with Crippen LogP contribution in [0.5, 0.6) is 0 Å². The van der Waals surface area contributed by atoms with Crippen molar-refractivity contribution in [3.05, 3.63) is 88.0 Å². The molecule has 0 aromatic carbocycles. The molecule has 214 valence electrons. The highest BCUT2D eigenvalue weighted by Gasteiger charge is 2.06. The van der Waals surface area contributed by atoms with Gasteiger partial charge in [-0.15, -0.1) is 40.4 Å². The van der Waals surface area contributed by atoms with Gasteiger partial charge in [-0.25, -0.2) is 0 Å². The van der Waals surface area contributed by atoms with Crippen LogP contribution in [0.2, 0.25) is 0 Å². The SMILES string of the molecule is C#Cc1ccc(C#C/C(C)=C(/C#Cc2ccc(C#C/C(C)=C(/C#Cc3ccc(C#CC(C)(C)O)s3)CCC)s2)CCC)s1. The predicted molar refractivity (Wildman–Crippen MR) is 187 cm³/mol. The Bertz CT molecular complexity index is 1880. The van der Waals surface area contributed by atoms with Crippen molar-refractivity contribution in [2.24, 2.45) is 0 Å². The van der Waals surface area contributed by atoms with E-state index < -0.39 is 5.60 Å². The lowest BCUT2D eigenvalue weighted by molar-refractivity contribution is 0.143. The highest BCUT2D eigenvalue weighted by molar-refractivity contribution is 7.13. The van der Waals surface area contributed by atoms with Crippen molar-refractivity contribution in [1.29, 1.82) is 0 Å². The van der Waals surface area contributed by atoms with Crippen LogP contribution in [0.1, 0.15) is 96.5 Å². The molecule has 43 heavy (non-hydrogen) atoms. The summed E-state index contributed by atoms with van der Waals surface area (Å²) < 4.78 is 0. The zero-order valence-corrected chi connectivity index (χ0v) is 28.0. The van der Waals surface area contributed by atoms with E-state index >= 15 is 0 Å². The highest BCUT2D eigenvalue weighted by atomic mass is 32.1. The summed E-state index contributed by atoms with van der Waals surface area (Å²) in [6.45, 7) is 11.7. The standard InChI is InChI=1S/C39H34OS3/c1-8-11-31(29(4)13-17-34-22-21-33(10-3)41-34)15-19-36-24-23-35(42-36)18-14-30(5)32(12-9-2)16-20-37-25-26-38(43-37)27-28-39(6,7)40/h3,21-26,40H,8-9,11-12H2,1-2,4-7H3/b31-29+,32-30+. The maximum absolute atomic E-state index is 9.83. The minimum Gasteiger partial charge on any atom is -0.378 e. The fourth-order valence-electron chi connectivity index (χ4n) is 3.56. The number of hydrogen-bond donors (Lipinski definition) is 1. The Morgan fingerprint density at radius 2 is 0.977 bits per heavy atom. The van der Waals surface area contributed by atoms with Gasteiger partial charge in [0.05, 0.1) is 29.3 Å². The van der Waals surface area contributed by atoms with Gasteiger partial charge in [-0.3, -0.25) is 0 Å². The van der Waals surface area contributed by atoms with Crippen molar-refractivity contribution in [2.45, 2.75) is 72.8 Å². The molecule has 0 aliphatic heterocycles. The largest absolute Gasteiger partial charge is 0.378 e. The summed E-state index contributed by atoms with van der Waals surface area (Å²) >= 11 is 4.65. The van der Waals surface area contributed by atoms with E-state index in [0.717, 1.165) is 77.2 Å². The predicted octanol–water partition coefficient (Wildman–Crippen LogP) is 9.01. The summed E-state index contributed by atoms with van der Waals surface area (Å²) in [5.74, 6) is 34.9. The third-order valence-electron chi connectivity index (χ3n) is 5.78. The van der Waals surface area contributed by atoms with E-state index in [0.29, 0.717) is 0 Å². The Balaban J connectivity index is 1.78. The Hall–Kier alpha value is -4.10. The van der Waals surface area contributed by atoms with Crippen LogP contribution in [0, 0.1) is 71.5 Å². The number of hydrogen-bond acceptors (Lipinski definition) is 4. The normalized spacial score (nSPS) is 11.3. The Morgan fingerprint density at radius 1 is 0.628 bits per heavy atom. The van der Waals surface area contributed by atoms with Gasteiger partial charge in [0.25, 0.3) is 0 Å². The van der Waals surface area contributed by atoms with E-state index in [4.69, 9.17) is 6.42 Å². The molecule has 0 atom stereocenters. The van der Waals surface area contributed by atoms with Crippen LogP contribution in [-0.4, -0.2) is 10.7 Å². The second-order valence-corrected chi connectivity index (χ2v) is 13.4. The van der Waals surface area contributed by atoms with Crippen LogP contribution in [0.15, 0.2) is 58.7 Å². The van der Waals surface area contributed by atoms with E-state index in [1.165, 1.54) is 22.7 Å². The van der Waals surface area contributed by atoms with E-state index in [2.05, 4.69) is 79.0 Å². The molecule has 0 unspecified atom stereocenters. The molecule has 0 spiro atoms. The molecule has 0 aliphatic carbocycles. The molecule has 0 aliphatic rings. The number of thiophene rings is 3. The molecular formula is C39H34OS3. The van der Waals surface area contributed by atoms with Gasteiger partial charge < -0.3 is 5.11 Å². The molecule has 0 radical (unpaired) electrons. The van der Waals surface area contributed by atoms with Gasteiger partial charge >= 0.3 is 0 Å². The Kier molecular flexibility index (Phi) is 12.8. The molecule has 0 fully saturated rings. The van der Waals surface area contributed by atoms with Gasteiger partial charge in [0, 0.05) is 22.3 Å². The van der Waals surface area contributed by atoms with Crippen LogP contribution in [-0.2, 0) is 0 Å². The minimum atomic E-state index is -1.01. The summed E-state index contributed by atoms with van der Waals surface area (Å²) in [7, 11) is 0. The van der Waals surface area contributed by atoms with Crippen LogP contribution in [0.4, 0.5) is 0 Å². The van der Waals surface area contributed by atoms with Crippen molar-refractivity contribution in [3.63, 3.8) is 0 Å². The summed E-state index contributed by atoms with van der Waals surface area (Å²) in [5.41, 5.74) is 3.08. The second-order valence-electron chi connectivity index (χ2n) is 10.2. The van der Waals surface area contributed by atoms with E-state index in [1.807, 2.05) is 50.2 Å². The van der Waals surface area contributed by atoms with Crippen LogP contribution in [0.3, 0.4) is 0 Å².